The van der Waals surface area contributed by atoms with E-state index in [1.165, 1.54) is 0 Å². The largest absolute Gasteiger partial charge is 0.456 e. The SMILES string of the molecule is c1ccc(-c2nc(-c3ccccc3)nc(-c3ccc4c(c3)oc3ccc(N(c5ccc6c(c5)oc5ccccc56)c5ccc6c(c5)oc5ccccc56)cc34)n2)cc1. The first-order chi connectivity index (χ1) is 28.7. The van der Waals surface area contributed by atoms with Crippen LogP contribution in [0.15, 0.2) is 195 Å². The Morgan fingerprint density at radius 1 is 0.276 bits per heavy atom. The quantitative estimate of drug-likeness (QED) is 0.168. The van der Waals surface area contributed by atoms with E-state index in [0.29, 0.717) is 17.5 Å². The predicted molar refractivity (Wildman–Crippen MR) is 233 cm³/mol. The van der Waals surface area contributed by atoms with Gasteiger partial charge in [0.25, 0.3) is 0 Å². The number of rotatable bonds is 6. The molecule has 0 atom stereocenters. The Morgan fingerprint density at radius 2 is 0.672 bits per heavy atom. The molecule has 0 amide bonds. The maximum atomic E-state index is 6.55. The van der Waals surface area contributed by atoms with Gasteiger partial charge in [-0.1, -0.05) is 103 Å². The maximum absolute atomic E-state index is 6.55. The summed E-state index contributed by atoms with van der Waals surface area (Å²) in [4.78, 5) is 17.0. The molecule has 7 heteroatoms. The van der Waals surface area contributed by atoms with Gasteiger partial charge < -0.3 is 18.2 Å². The topological polar surface area (TPSA) is 81.3 Å². The molecule has 8 aromatic carbocycles. The second kappa shape index (κ2) is 12.8. The average molecular weight is 747 g/mol. The number of hydrogen-bond donors (Lipinski definition) is 0. The molecule has 4 heterocycles. The van der Waals surface area contributed by atoms with Crippen LogP contribution in [0.2, 0.25) is 0 Å². The fourth-order valence-corrected chi connectivity index (χ4v) is 8.14. The third-order valence-corrected chi connectivity index (χ3v) is 10.9. The number of para-hydroxylation sites is 2. The molecule has 0 saturated heterocycles. The van der Waals surface area contributed by atoms with E-state index in [2.05, 4.69) is 77.7 Å². The summed E-state index contributed by atoms with van der Waals surface area (Å²) < 4.78 is 19.3. The van der Waals surface area contributed by atoms with Gasteiger partial charge in [-0.2, -0.15) is 0 Å². The van der Waals surface area contributed by atoms with Crippen LogP contribution in [0.25, 0.3) is 100.0 Å². The normalized spacial score (nSPS) is 11.8. The molecule has 0 spiro atoms. The highest BCUT2D eigenvalue weighted by molar-refractivity contribution is 6.10. The summed E-state index contributed by atoms with van der Waals surface area (Å²) >= 11 is 0. The third kappa shape index (κ3) is 5.25. The summed E-state index contributed by atoms with van der Waals surface area (Å²) in [6.07, 6.45) is 0. The molecule has 7 nitrogen and oxygen atoms in total. The predicted octanol–water partition coefficient (Wildman–Crippen LogP) is 14.0. The third-order valence-electron chi connectivity index (χ3n) is 10.9. The summed E-state index contributed by atoms with van der Waals surface area (Å²) in [6, 6.07) is 61.6. The highest BCUT2D eigenvalue weighted by Crippen LogP contribution is 2.43. The van der Waals surface area contributed by atoms with Crippen molar-refractivity contribution in [2.75, 3.05) is 4.90 Å². The monoisotopic (exact) mass is 746 g/mol. The Bertz CT molecular complexity index is 3360. The van der Waals surface area contributed by atoms with Crippen molar-refractivity contribution < 1.29 is 13.3 Å². The van der Waals surface area contributed by atoms with Crippen molar-refractivity contribution in [1.29, 1.82) is 0 Å². The van der Waals surface area contributed by atoms with Crippen molar-refractivity contribution in [1.82, 2.24) is 15.0 Å². The lowest BCUT2D eigenvalue weighted by atomic mass is 10.1. The Morgan fingerprint density at radius 3 is 1.24 bits per heavy atom. The lowest BCUT2D eigenvalue weighted by molar-refractivity contribution is 0.668. The minimum absolute atomic E-state index is 0.573. The molecular formula is C51H30N4O3. The van der Waals surface area contributed by atoms with Crippen LogP contribution < -0.4 is 4.90 Å². The fourth-order valence-electron chi connectivity index (χ4n) is 8.14. The molecule has 12 rings (SSSR count). The van der Waals surface area contributed by atoms with Gasteiger partial charge >= 0.3 is 0 Å². The van der Waals surface area contributed by atoms with Crippen LogP contribution >= 0.6 is 0 Å². The van der Waals surface area contributed by atoms with Gasteiger partial charge in [-0.05, 0) is 66.7 Å². The van der Waals surface area contributed by atoms with Gasteiger partial charge in [0.15, 0.2) is 17.5 Å². The van der Waals surface area contributed by atoms with Gasteiger partial charge in [-0.3, -0.25) is 0 Å². The van der Waals surface area contributed by atoms with Crippen LogP contribution in [-0.4, -0.2) is 15.0 Å². The van der Waals surface area contributed by atoms with Crippen LogP contribution in [-0.2, 0) is 0 Å². The summed E-state index contributed by atoms with van der Waals surface area (Å²) in [6.45, 7) is 0. The molecule has 272 valence electrons. The molecule has 0 radical (unpaired) electrons. The van der Waals surface area contributed by atoms with E-state index in [9.17, 15) is 0 Å². The zero-order chi connectivity index (χ0) is 38.2. The molecule has 58 heavy (non-hydrogen) atoms. The Labute approximate surface area is 331 Å². The van der Waals surface area contributed by atoms with Gasteiger partial charge in [0.05, 0.1) is 0 Å². The summed E-state index contributed by atoms with van der Waals surface area (Å²) in [5, 5.41) is 6.31. The Kier molecular flexibility index (Phi) is 7.09. The number of nitrogens with zero attached hydrogens (tertiary/aromatic N) is 4. The van der Waals surface area contributed by atoms with Crippen molar-refractivity contribution in [3.63, 3.8) is 0 Å². The number of fused-ring (bicyclic) bond motifs is 9. The van der Waals surface area contributed by atoms with Gasteiger partial charge in [0, 0.05) is 78.2 Å². The van der Waals surface area contributed by atoms with E-state index in [1.807, 2.05) is 109 Å². The van der Waals surface area contributed by atoms with Gasteiger partial charge in [0.1, 0.15) is 33.5 Å². The summed E-state index contributed by atoms with van der Waals surface area (Å²) in [5.74, 6) is 1.80. The zero-order valence-corrected chi connectivity index (χ0v) is 30.8. The molecule has 12 aromatic rings. The first-order valence-electron chi connectivity index (χ1n) is 19.2. The molecule has 0 aliphatic heterocycles. The number of benzene rings is 8. The second-order valence-corrected chi connectivity index (χ2v) is 14.4. The molecule has 0 aliphatic rings. The lowest BCUT2D eigenvalue weighted by Gasteiger charge is -2.25. The number of furan rings is 3. The highest BCUT2D eigenvalue weighted by atomic mass is 16.3. The van der Waals surface area contributed by atoms with E-state index in [0.717, 1.165) is 99.6 Å². The van der Waals surface area contributed by atoms with Crippen LogP contribution in [0.5, 0.6) is 0 Å². The van der Waals surface area contributed by atoms with Crippen molar-refractivity contribution in [3.05, 3.63) is 182 Å². The van der Waals surface area contributed by atoms with E-state index in [4.69, 9.17) is 28.2 Å². The van der Waals surface area contributed by atoms with Crippen molar-refractivity contribution in [3.8, 4) is 34.2 Å². The second-order valence-electron chi connectivity index (χ2n) is 14.4. The van der Waals surface area contributed by atoms with Crippen molar-refractivity contribution in [2.24, 2.45) is 0 Å². The minimum Gasteiger partial charge on any atom is -0.456 e. The molecule has 0 saturated carbocycles. The molecular weight excluding hydrogens is 717 g/mol. The number of hydrogen-bond acceptors (Lipinski definition) is 7. The van der Waals surface area contributed by atoms with E-state index < -0.39 is 0 Å². The van der Waals surface area contributed by atoms with Crippen molar-refractivity contribution in [2.45, 2.75) is 0 Å². The Hall–Kier alpha value is -8.03. The highest BCUT2D eigenvalue weighted by Gasteiger charge is 2.20. The maximum Gasteiger partial charge on any atom is 0.164 e. The lowest BCUT2D eigenvalue weighted by Crippen LogP contribution is -2.09. The smallest absolute Gasteiger partial charge is 0.164 e. The van der Waals surface area contributed by atoms with Gasteiger partial charge in [0.2, 0.25) is 0 Å². The first-order valence-corrected chi connectivity index (χ1v) is 19.2. The summed E-state index contributed by atoms with van der Waals surface area (Å²) in [7, 11) is 0. The van der Waals surface area contributed by atoms with E-state index >= 15 is 0 Å². The Balaban J connectivity index is 1.00. The van der Waals surface area contributed by atoms with Gasteiger partial charge in [-0.25, -0.2) is 15.0 Å². The van der Waals surface area contributed by atoms with Crippen LogP contribution in [0.1, 0.15) is 0 Å². The number of aromatic nitrogens is 3. The minimum atomic E-state index is 0.573. The molecule has 0 N–H and O–H groups in total. The van der Waals surface area contributed by atoms with E-state index in [-0.39, 0.29) is 0 Å². The standard InChI is InChI=1S/C51H30N4O3/c1-3-11-31(12-4-1)49-52-50(32-13-5-2-6-14-32)54-51(53-49)33-19-23-41-42-28-34(22-26-45(42)58-46(41)27-33)55(35-20-24-39-37-15-7-9-17-43(37)56-47(39)29-35)36-21-25-40-38-16-8-10-18-44(38)57-48(40)30-36/h1-30H. The van der Waals surface area contributed by atoms with Crippen LogP contribution in [0.4, 0.5) is 17.1 Å². The molecule has 0 unspecified atom stereocenters. The van der Waals surface area contributed by atoms with Crippen LogP contribution in [0, 0.1) is 0 Å². The van der Waals surface area contributed by atoms with Crippen molar-refractivity contribution >= 4 is 82.9 Å². The number of anilines is 3. The van der Waals surface area contributed by atoms with Crippen LogP contribution in [0.3, 0.4) is 0 Å². The first kappa shape index (κ1) is 32.2. The fraction of sp³-hybridized carbons (Fsp3) is 0. The molecule has 0 aliphatic carbocycles. The summed E-state index contributed by atoms with van der Waals surface area (Å²) in [5.41, 5.74) is 10.4. The molecule has 4 aromatic heterocycles. The molecule has 0 fully saturated rings. The average Bonchev–Trinajstić information content (AvgIpc) is 3.97. The van der Waals surface area contributed by atoms with E-state index in [1.54, 1.807) is 0 Å². The van der Waals surface area contributed by atoms with Gasteiger partial charge in [-0.15, -0.1) is 0 Å². The zero-order valence-electron chi connectivity index (χ0n) is 30.8. The molecule has 0 bridgehead atoms.